The Balaban J connectivity index is 1.93. The van der Waals surface area contributed by atoms with Crippen molar-refractivity contribution in [3.63, 3.8) is 0 Å². The summed E-state index contributed by atoms with van der Waals surface area (Å²) in [4.78, 5) is 26.8. The predicted molar refractivity (Wildman–Crippen MR) is 81.7 cm³/mol. The number of carbonyl (C=O) groups is 1. The maximum absolute atomic E-state index is 12.2. The first-order valence-electron chi connectivity index (χ1n) is 7.60. The maximum Gasteiger partial charge on any atom is 0.261 e. The van der Waals surface area contributed by atoms with Gasteiger partial charge in [-0.3, -0.25) is 9.59 Å². The van der Waals surface area contributed by atoms with Crippen LogP contribution in [-0.4, -0.2) is 29.6 Å². The van der Waals surface area contributed by atoms with E-state index in [0.29, 0.717) is 11.7 Å². The van der Waals surface area contributed by atoms with Crippen molar-refractivity contribution in [2.45, 2.75) is 58.6 Å². The molecule has 1 aromatic heterocycles. The average molecular weight is 292 g/mol. The summed E-state index contributed by atoms with van der Waals surface area (Å²) in [7, 11) is 0. The molecule has 2 N–H and O–H groups in total. The van der Waals surface area contributed by atoms with Gasteiger partial charge in [0.25, 0.3) is 11.5 Å². The van der Waals surface area contributed by atoms with Crippen LogP contribution in [0.1, 0.15) is 54.2 Å². The van der Waals surface area contributed by atoms with Gasteiger partial charge < -0.3 is 15.0 Å². The number of aryl methyl sites for hydroxylation is 2. The molecule has 116 valence electrons. The highest BCUT2D eigenvalue weighted by molar-refractivity contribution is 5.95. The Hall–Kier alpha value is -1.62. The van der Waals surface area contributed by atoms with Crippen LogP contribution in [0.25, 0.3) is 0 Å². The van der Waals surface area contributed by atoms with E-state index in [-0.39, 0.29) is 23.1 Å². The van der Waals surface area contributed by atoms with Crippen LogP contribution in [0.2, 0.25) is 0 Å². The summed E-state index contributed by atoms with van der Waals surface area (Å²) in [6, 6.07) is 1.84. The van der Waals surface area contributed by atoms with Crippen LogP contribution in [0.15, 0.2) is 10.9 Å². The molecule has 2 rings (SSSR count). The van der Waals surface area contributed by atoms with Crippen molar-refractivity contribution in [3.05, 3.63) is 33.2 Å². The molecule has 5 nitrogen and oxygen atoms in total. The quantitative estimate of drug-likeness (QED) is 0.872. The van der Waals surface area contributed by atoms with Crippen LogP contribution in [0.3, 0.4) is 0 Å². The molecule has 1 aromatic rings. The summed E-state index contributed by atoms with van der Waals surface area (Å²) in [6.45, 7) is 6.41. The molecular formula is C16H24N2O3. The number of amides is 1. The van der Waals surface area contributed by atoms with E-state index in [1.54, 1.807) is 13.8 Å². The first kappa shape index (κ1) is 15.8. The summed E-state index contributed by atoms with van der Waals surface area (Å²) in [5.74, 6) is -0.298. The van der Waals surface area contributed by atoms with E-state index in [0.717, 1.165) is 38.0 Å². The number of rotatable bonds is 5. The van der Waals surface area contributed by atoms with Crippen LogP contribution in [0, 0.1) is 13.8 Å². The zero-order valence-corrected chi connectivity index (χ0v) is 13.0. The van der Waals surface area contributed by atoms with Crippen LogP contribution in [0.5, 0.6) is 0 Å². The monoisotopic (exact) mass is 292 g/mol. The molecule has 0 aromatic carbocycles. The van der Waals surface area contributed by atoms with E-state index in [4.69, 9.17) is 4.74 Å². The fourth-order valence-electron chi connectivity index (χ4n) is 2.81. The zero-order chi connectivity index (χ0) is 15.4. The summed E-state index contributed by atoms with van der Waals surface area (Å²) in [5, 5.41) is 2.91. The number of ether oxygens (including phenoxy) is 1. The Bertz CT molecular complexity index is 559. The van der Waals surface area contributed by atoms with Crippen molar-refractivity contribution in [2.24, 2.45) is 0 Å². The average Bonchev–Trinajstić information content (AvgIpc) is 2.88. The highest BCUT2D eigenvalue weighted by Crippen LogP contribution is 2.17. The topological polar surface area (TPSA) is 71.2 Å². The van der Waals surface area contributed by atoms with Crippen LogP contribution in [0.4, 0.5) is 0 Å². The molecule has 0 unspecified atom stereocenters. The van der Waals surface area contributed by atoms with Crippen LogP contribution in [-0.2, 0) is 4.74 Å². The minimum atomic E-state index is -0.323. The maximum atomic E-state index is 12.2. The SMILES string of the molecule is Cc1cc(C)c(C(=O)N[C@H](C)CC[C@@H]2CCCO2)c(=O)[nH]1. The minimum Gasteiger partial charge on any atom is -0.378 e. The predicted octanol–water partition coefficient (Wildman–Crippen LogP) is 2.07. The largest absolute Gasteiger partial charge is 0.378 e. The van der Waals surface area contributed by atoms with Gasteiger partial charge in [0.05, 0.1) is 6.10 Å². The van der Waals surface area contributed by atoms with E-state index in [2.05, 4.69) is 10.3 Å². The van der Waals surface area contributed by atoms with Crippen molar-refractivity contribution in [3.8, 4) is 0 Å². The highest BCUT2D eigenvalue weighted by atomic mass is 16.5. The normalized spacial score (nSPS) is 19.5. The second-order valence-corrected chi connectivity index (χ2v) is 5.93. The van der Waals surface area contributed by atoms with Crippen LogP contribution < -0.4 is 10.9 Å². The van der Waals surface area contributed by atoms with Gasteiger partial charge >= 0.3 is 0 Å². The molecule has 1 fully saturated rings. The summed E-state index contributed by atoms with van der Waals surface area (Å²) in [5.41, 5.74) is 1.36. The van der Waals surface area contributed by atoms with Gasteiger partial charge in [-0.1, -0.05) is 0 Å². The molecule has 1 aliphatic heterocycles. The lowest BCUT2D eigenvalue weighted by Crippen LogP contribution is -2.37. The first-order valence-corrected chi connectivity index (χ1v) is 7.60. The van der Waals surface area contributed by atoms with E-state index in [1.165, 1.54) is 0 Å². The zero-order valence-electron chi connectivity index (χ0n) is 13.0. The Morgan fingerprint density at radius 1 is 1.52 bits per heavy atom. The van der Waals surface area contributed by atoms with Crippen molar-refractivity contribution >= 4 is 5.91 Å². The van der Waals surface area contributed by atoms with E-state index in [1.807, 2.05) is 13.0 Å². The summed E-state index contributed by atoms with van der Waals surface area (Å²) >= 11 is 0. The number of hydrogen-bond donors (Lipinski definition) is 2. The Kier molecular flexibility index (Phi) is 5.17. The molecule has 0 saturated carbocycles. The Labute approximate surface area is 125 Å². The van der Waals surface area contributed by atoms with E-state index < -0.39 is 0 Å². The Morgan fingerprint density at radius 2 is 2.29 bits per heavy atom. The molecule has 0 bridgehead atoms. The number of nitrogens with one attached hydrogen (secondary N) is 2. The number of pyridine rings is 1. The number of hydrogen-bond acceptors (Lipinski definition) is 3. The third-order valence-corrected chi connectivity index (χ3v) is 3.92. The minimum absolute atomic E-state index is 0.0294. The van der Waals surface area contributed by atoms with Gasteiger partial charge in [-0.05, 0) is 58.1 Å². The number of H-pyrrole nitrogens is 1. The molecule has 2 atom stereocenters. The molecule has 1 aliphatic rings. The van der Waals surface area contributed by atoms with Gasteiger partial charge in [-0.25, -0.2) is 0 Å². The number of aromatic nitrogens is 1. The molecule has 1 amide bonds. The van der Waals surface area contributed by atoms with Gasteiger partial charge in [0.15, 0.2) is 0 Å². The molecule has 5 heteroatoms. The molecular weight excluding hydrogens is 268 g/mol. The lowest BCUT2D eigenvalue weighted by molar-refractivity contribution is 0.0897. The second-order valence-electron chi connectivity index (χ2n) is 5.93. The van der Waals surface area contributed by atoms with E-state index >= 15 is 0 Å². The standard InChI is InChI=1S/C16H24N2O3/c1-10-9-12(3)18-16(20)14(10)15(19)17-11(2)6-7-13-5-4-8-21-13/h9,11,13H,4-8H2,1-3H3,(H,17,19)(H,18,20)/t11-,13+/m1/s1. The molecule has 21 heavy (non-hydrogen) atoms. The second kappa shape index (κ2) is 6.89. The van der Waals surface area contributed by atoms with Gasteiger partial charge in [0.2, 0.25) is 0 Å². The summed E-state index contributed by atoms with van der Waals surface area (Å²) < 4.78 is 5.58. The molecule has 2 heterocycles. The number of carbonyl (C=O) groups excluding carboxylic acids is 1. The van der Waals surface area contributed by atoms with Gasteiger partial charge in [-0.2, -0.15) is 0 Å². The number of aromatic amines is 1. The lowest BCUT2D eigenvalue weighted by Gasteiger charge is -2.16. The van der Waals surface area contributed by atoms with Crippen molar-refractivity contribution in [2.75, 3.05) is 6.61 Å². The van der Waals surface area contributed by atoms with Crippen LogP contribution >= 0.6 is 0 Å². The molecule has 1 saturated heterocycles. The highest BCUT2D eigenvalue weighted by Gasteiger charge is 2.19. The lowest BCUT2D eigenvalue weighted by atomic mass is 10.1. The van der Waals surface area contributed by atoms with Gasteiger partial charge in [0.1, 0.15) is 5.56 Å². The smallest absolute Gasteiger partial charge is 0.261 e. The summed E-state index contributed by atoms with van der Waals surface area (Å²) in [6.07, 6.45) is 4.37. The van der Waals surface area contributed by atoms with Crippen molar-refractivity contribution in [1.82, 2.24) is 10.3 Å². The fraction of sp³-hybridized carbons (Fsp3) is 0.625. The molecule has 0 aliphatic carbocycles. The van der Waals surface area contributed by atoms with Gasteiger partial charge in [-0.15, -0.1) is 0 Å². The van der Waals surface area contributed by atoms with Crippen molar-refractivity contribution in [1.29, 1.82) is 0 Å². The third kappa shape index (κ3) is 4.17. The first-order chi connectivity index (χ1) is 9.97. The van der Waals surface area contributed by atoms with Crippen molar-refractivity contribution < 1.29 is 9.53 Å². The Morgan fingerprint density at radius 3 is 2.90 bits per heavy atom. The third-order valence-electron chi connectivity index (χ3n) is 3.92. The molecule has 0 radical (unpaired) electrons. The van der Waals surface area contributed by atoms with E-state index in [9.17, 15) is 9.59 Å². The van der Waals surface area contributed by atoms with Gasteiger partial charge in [0, 0.05) is 18.3 Å². The molecule has 0 spiro atoms. The fourth-order valence-corrected chi connectivity index (χ4v) is 2.81.